The summed E-state index contributed by atoms with van der Waals surface area (Å²) in [4.78, 5) is 0. The van der Waals surface area contributed by atoms with E-state index < -0.39 is 0 Å². The number of ether oxygens (including phenoxy) is 1. The third-order valence-electron chi connectivity index (χ3n) is 2.55. The molecule has 0 aliphatic heterocycles. The molecule has 1 aromatic rings. The van der Waals surface area contributed by atoms with Gasteiger partial charge in [-0.2, -0.15) is 0 Å². The Labute approximate surface area is 102 Å². The van der Waals surface area contributed by atoms with E-state index in [-0.39, 0.29) is 12.7 Å². The van der Waals surface area contributed by atoms with Crippen molar-refractivity contribution >= 4 is 11.6 Å². The van der Waals surface area contributed by atoms with Crippen molar-refractivity contribution < 1.29 is 9.84 Å². The first-order valence-corrected chi connectivity index (χ1v) is 6.15. The van der Waals surface area contributed by atoms with Gasteiger partial charge in [0.25, 0.3) is 0 Å². The number of benzene rings is 1. The lowest BCUT2D eigenvalue weighted by Crippen LogP contribution is -2.15. The molecule has 1 unspecified atom stereocenters. The number of aliphatic hydroxyl groups excluding tert-OH is 1. The summed E-state index contributed by atoms with van der Waals surface area (Å²) in [6.07, 6.45) is 3.32. The highest BCUT2D eigenvalue weighted by atomic mass is 35.5. The van der Waals surface area contributed by atoms with Crippen molar-refractivity contribution in [2.75, 3.05) is 0 Å². The molecule has 0 aromatic heterocycles. The molecular weight excluding hydrogens is 224 g/mol. The molecule has 16 heavy (non-hydrogen) atoms. The Hall–Kier alpha value is -0.730. The molecule has 0 amide bonds. The van der Waals surface area contributed by atoms with Crippen LogP contribution < -0.4 is 4.74 Å². The second kappa shape index (κ2) is 6.77. The minimum atomic E-state index is -0.0432. The summed E-state index contributed by atoms with van der Waals surface area (Å²) < 4.78 is 5.86. The smallest absolute Gasteiger partial charge is 0.125 e. The summed E-state index contributed by atoms with van der Waals surface area (Å²) in [6.45, 7) is 4.20. The lowest BCUT2D eigenvalue weighted by molar-refractivity contribution is 0.178. The quantitative estimate of drug-likeness (QED) is 0.823. The summed E-state index contributed by atoms with van der Waals surface area (Å²) in [5.74, 6) is 0.743. The number of aliphatic hydroxyl groups is 1. The van der Waals surface area contributed by atoms with E-state index in [1.54, 1.807) is 12.1 Å². The van der Waals surface area contributed by atoms with Gasteiger partial charge >= 0.3 is 0 Å². The number of rotatable bonds is 6. The van der Waals surface area contributed by atoms with Gasteiger partial charge in [-0.05, 0) is 31.0 Å². The predicted molar refractivity (Wildman–Crippen MR) is 67.0 cm³/mol. The van der Waals surface area contributed by atoms with E-state index in [0.29, 0.717) is 5.02 Å². The number of hydrogen-bond acceptors (Lipinski definition) is 2. The summed E-state index contributed by atoms with van der Waals surface area (Å²) in [7, 11) is 0. The molecule has 0 spiro atoms. The zero-order valence-corrected chi connectivity index (χ0v) is 10.6. The maximum Gasteiger partial charge on any atom is 0.125 e. The molecule has 1 atom stereocenters. The highest BCUT2D eigenvalue weighted by Gasteiger charge is 2.10. The molecule has 0 saturated carbocycles. The zero-order valence-electron chi connectivity index (χ0n) is 9.87. The van der Waals surface area contributed by atoms with Crippen molar-refractivity contribution in [1.29, 1.82) is 0 Å². The van der Waals surface area contributed by atoms with Gasteiger partial charge in [-0.3, -0.25) is 0 Å². The summed E-state index contributed by atoms with van der Waals surface area (Å²) in [6, 6.07) is 5.36. The Morgan fingerprint density at radius 3 is 2.69 bits per heavy atom. The van der Waals surface area contributed by atoms with Crippen LogP contribution in [0.4, 0.5) is 0 Å². The zero-order chi connectivity index (χ0) is 12.0. The van der Waals surface area contributed by atoms with E-state index in [1.807, 2.05) is 6.07 Å². The first-order valence-electron chi connectivity index (χ1n) is 5.77. The van der Waals surface area contributed by atoms with Crippen molar-refractivity contribution in [2.45, 2.75) is 45.8 Å². The van der Waals surface area contributed by atoms with Crippen LogP contribution in [0.1, 0.15) is 38.7 Å². The van der Waals surface area contributed by atoms with Gasteiger partial charge in [0.05, 0.1) is 12.7 Å². The van der Waals surface area contributed by atoms with E-state index >= 15 is 0 Å². The molecule has 90 valence electrons. The van der Waals surface area contributed by atoms with Gasteiger partial charge in [-0.15, -0.1) is 0 Å². The van der Waals surface area contributed by atoms with Crippen LogP contribution in [0, 0.1) is 0 Å². The summed E-state index contributed by atoms with van der Waals surface area (Å²) >= 11 is 5.86. The van der Waals surface area contributed by atoms with Crippen LogP contribution in [0.15, 0.2) is 18.2 Å². The van der Waals surface area contributed by atoms with Crippen LogP contribution >= 0.6 is 11.6 Å². The average Bonchev–Trinajstić information content (AvgIpc) is 2.30. The Bertz CT molecular complexity index is 326. The van der Waals surface area contributed by atoms with Gasteiger partial charge in [0, 0.05) is 10.6 Å². The molecule has 1 N–H and O–H groups in total. The van der Waals surface area contributed by atoms with Crippen molar-refractivity contribution in [3.63, 3.8) is 0 Å². The van der Waals surface area contributed by atoms with Crippen LogP contribution in [-0.2, 0) is 6.61 Å². The number of halogens is 1. The maximum absolute atomic E-state index is 9.22. The molecule has 0 saturated heterocycles. The largest absolute Gasteiger partial charge is 0.490 e. The SMILES string of the molecule is CCCC(CC)Oc1ccc(Cl)cc1CO. The molecular formula is C13H19ClO2. The van der Waals surface area contributed by atoms with Gasteiger partial charge in [0.1, 0.15) is 5.75 Å². The third kappa shape index (κ3) is 3.69. The number of hydrogen-bond donors (Lipinski definition) is 1. The average molecular weight is 243 g/mol. The minimum Gasteiger partial charge on any atom is -0.490 e. The van der Waals surface area contributed by atoms with Crippen LogP contribution in [0.5, 0.6) is 5.75 Å². The van der Waals surface area contributed by atoms with E-state index in [9.17, 15) is 5.11 Å². The van der Waals surface area contributed by atoms with Crippen LogP contribution in [0.2, 0.25) is 5.02 Å². The molecule has 1 rings (SSSR count). The summed E-state index contributed by atoms with van der Waals surface area (Å²) in [5, 5.41) is 9.84. The summed E-state index contributed by atoms with van der Waals surface area (Å²) in [5.41, 5.74) is 0.752. The Kier molecular flexibility index (Phi) is 5.64. The third-order valence-corrected chi connectivity index (χ3v) is 2.79. The topological polar surface area (TPSA) is 29.5 Å². The maximum atomic E-state index is 9.22. The minimum absolute atomic E-state index is 0.0432. The fourth-order valence-corrected chi connectivity index (χ4v) is 1.83. The van der Waals surface area contributed by atoms with Gasteiger partial charge in [-0.1, -0.05) is 31.9 Å². The molecule has 2 nitrogen and oxygen atoms in total. The first kappa shape index (κ1) is 13.3. The molecule has 0 fully saturated rings. The lowest BCUT2D eigenvalue weighted by atomic mass is 10.1. The van der Waals surface area contributed by atoms with Crippen molar-refractivity contribution in [2.24, 2.45) is 0 Å². The fourth-order valence-electron chi connectivity index (χ4n) is 1.63. The predicted octanol–water partition coefficient (Wildman–Crippen LogP) is 3.79. The monoisotopic (exact) mass is 242 g/mol. The highest BCUT2D eigenvalue weighted by Crippen LogP contribution is 2.25. The van der Waals surface area contributed by atoms with Crippen molar-refractivity contribution in [1.82, 2.24) is 0 Å². The van der Waals surface area contributed by atoms with Crippen molar-refractivity contribution in [3.05, 3.63) is 28.8 Å². The Morgan fingerprint density at radius 1 is 1.38 bits per heavy atom. The van der Waals surface area contributed by atoms with Crippen LogP contribution in [0.3, 0.4) is 0 Å². The van der Waals surface area contributed by atoms with Crippen molar-refractivity contribution in [3.8, 4) is 5.75 Å². The van der Waals surface area contributed by atoms with E-state index in [4.69, 9.17) is 16.3 Å². The van der Waals surface area contributed by atoms with E-state index in [2.05, 4.69) is 13.8 Å². The molecule has 0 radical (unpaired) electrons. The standard InChI is InChI=1S/C13H19ClO2/c1-3-5-12(4-2)16-13-7-6-11(14)8-10(13)9-15/h6-8,12,15H,3-5,9H2,1-2H3. The van der Waals surface area contributed by atoms with Gasteiger partial charge < -0.3 is 9.84 Å². The molecule has 0 aliphatic rings. The van der Waals surface area contributed by atoms with Gasteiger partial charge in [0.15, 0.2) is 0 Å². The molecule has 0 heterocycles. The van der Waals surface area contributed by atoms with E-state index in [0.717, 1.165) is 30.6 Å². The second-order valence-corrected chi connectivity index (χ2v) is 4.28. The lowest BCUT2D eigenvalue weighted by Gasteiger charge is -2.18. The van der Waals surface area contributed by atoms with E-state index in [1.165, 1.54) is 0 Å². The molecule has 3 heteroatoms. The highest BCUT2D eigenvalue weighted by molar-refractivity contribution is 6.30. The molecule has 0 aliphatic carbocycles. The van der Waals surface area contributed by atoms with Crippen LogP contribution in [0.25, 0.3) is 0 Å². The first-order chi connectivity index (χ1) is 7.71. The van der Waals surface area contributed by atoms with Gasteiger partial charge in [-0.25, -0.2) is 0 Å². The van der Waals surface area contributed by atoms with Crippen LogP contribution in [-0.4, -0.2) is 11.2 Å². The second-order valence-electron chi connectivity index (χ2n) is 3.85. The Morgan fingerprint density at radius 2 is 2.12 bits per heavy atom. The molecule has 1 aromatic carbocycles. The normalized spacial score (nSPS) is 12.5. The fraction of sp³-hybridized carbons (Fsp3) is 0.538. The Balaban J connectivity index is 2.78. The van der Waals surface area contributed by atoms with Gasteiger partial charge in [0.2, 0.25) is 0 Å². The molecule has 0 bridgehead atoms.